The van der Waals surface area contributed by atoms with E-state index in [0.29, 0.717) is 11.4 Å². The molecule has 0 aliphatic carbocycles. The van der Waals surface area contributed by atoms with Gasteiger partial charge in [0, 0.05) is 18.3 Å². The number of nitrogens with one attached hydrogen (secondary N) is 2. The number of anilines is 1. The molecule has 9 heteroatoms. The molecule has 3 rings (SSSR count). The van der Waals surface area contributed by atoms with Crippen molar-refractivity contribution >= 4 is 29.4 Å². The largest absolute Gasteiger partial charge is 0.390 e. The molecule has 5 nitrogen and oxygen atoms in total. The zero-order chi connectivity index (χ0) is 17.3. The van der Waals surface area contributed by atoms with Gasteiger partial charge in [-0.05, 0) is 42.3 Å². The van der Waals surface area contributed by atoms with Crippen molar-refractivity contribution in [2.45, 2.75) is 17.5 Å². The lowest BCUT2D eigenvalue weighted by Crippen LogP contribution is -2.28. The number of halogens is 3. The van der Waals surface area contributed by atoms with Gasteiger partial charge in [0.25, 0.3) is 11.8 Å². The van der Waals surface area contributed by atoms with E-state index < -0.39 is 25.0 Å². The van der Waals surface area contributed by atoms with Crippen LogP contribution in [-0.4, -0.2) is 28.5 Å². The number of benzene rings is 1. The smallest absolute Gasteiger partial charge is 0.352 e. The normalized spacial score (nSPS) is 13.5. The fourth-order valence-electron chi connectivity index (χ4n) is 2.18. The first-order chi connectivity index (χ1) is 11.3. The molecule has 126 valence electrons. The second kappa shape index (κ2) is 6.23. The molecule has 1 aliphatic rings. The highest BCUT2D eigenvalue weighted by Gasteiger charge is 2.27. The van der Waals surface area contributed by atoms with Gasteiger partial charge in [-0.15, -0.1) is 0 Å². The molecule has 1 aromatic heterocycles. The number of rotatable bonds is 3. The van der Waals surface area contributed by atoms with Gasteiger partial charge >= 0.3 is 6.18 Å². The van der Waals surface area contributed by atoms with Crippen LogP contribution in [0.5, 0.6) is 0 Å². The Kier molecular flexibility index (Phi) is 4.27. The minimum absolute atomic E-state index is 0.184. The van der Waals surface area contributed by atoms with Crippen molar-refractivity contribution in [3.05, 3.63) is 47.8 Å². The summed E-state index contributed by atoms with van der Waals surface area (Å²) >= 11 is 1.31. The van der Waals surface area contributed by atoms with Crippen molar-refractivity contribution in [1.82, 2.24) is 9.29 Å². The van der Waals surface area contributed by atoms with Crippen LogP contribution in [-0.2, 0) is 0 Å². The monoisotopic (exact) mass is 355 g/mol. The van der Waals surface area contributed by atoms with E-state index in [-0.39, 0.29) is 11.5 Å². The summed E-state index contributed by atoms with van der Waals surface area (Å²) in [5.74, 6) is -0.939. The summed E-state index contributed by atoms with van der Waals surface area (Å²) in [4.78, 5) is 24.8. The van der Waals surface area contributed by atoms with Gasteiger partial charge in [-0.1, -0.05) is 0 Å². The van der Waals surface area contributed by atoms with E-state index >= 15 is 0 Å². The number of nitrogens with zero attached hydrogens (tertiary/aromatic N) is 1. The Morgan fingerprint density at radius 1 is 1.29 bits per heavy atom. The predicted molar refractivity (Wildman–Crippen MR) is 83.1 cm³/mol. The molecule has 2 aromatic rings. The first-order valence-corrected chi connectivity index (χ1v) is 7.77. The molecule has 0 saturated carbocycles. The molecule has 0 radical (unpaired) electrons. The lowest BCUT2D eigenvalue weighted by Gasteiger charge is -2.10. The molecule has 24 heavy (non-hydrogen) atoms. The minimum atomic E-state index is -4.32. The first kappa shape index (κ1) is 16.4. The van der Waals surface area contributed by atoms with Gasteiger partial charge in [0.05, 0.1) is 17.0 Å². The van der Waals surface area contributed by atoms with E-state index in [0.717, 1.165) is 4.90 Å². The highest BCUT2D eigenvalue weighted by Crippen LogP contribution is 2.33. The number of aromatic nitrogens is 1. The third-order valence-electron chi connectivity index (χ3n) is 3.33. The molecule has 1 aromatic carbocycles. The van der Waals surface area contributed by atoms with Crippen LogP contribution in [0.2, 0.25) is 0 Å². The van der Waals surface area contributed by atoms with Crippen molar-refractivity contribution in [3.63, 3.8) is 0 Å². The van der Waals surface area contributed by atoms with Crippen molar-refractivity contribution in [2.75, 3.05) is 11.9 Å². The molecular weight excluding hydrogens is 343 g/mol. The molecule has 0 unspecified atom stereocenters. The van der Waals surface area contributed by atoms with Gasteiger partial charge < -0.3 is 10.6 Å². The molecule has 0 spiro atoms. The van der Waals surface area contributed by atoms with E-state index in [2.05, 4.69) is 10.6 Å². The van der Waals surface area contributed by atoms with Crippen molar-refractivity contribution in [2.24, 2.45) is 0 Å². The van der Waals surface area contributed by atoms with E-state index in [4.69, 9.17) is 0 Å². The lowest BCUT2D eigenvalue weighted by molar-refractivity contribution is -0.132. The number of fused-ring (bicyclic) bond motifs is 2. The van der Waals surface area contributed by atoms with Crippen LogP contribution < -0.4 is 10.6 Å². The Bertz CT molecular complexity index is 802. The molecule has 0 bridgehead atoms. The van der Waals surface area contributed by atoms with Crippen LogP contribution in [0.3, 0.4) is 0 Å². The van der Waals surface area contributed by atoms with Crippen LogP contribution in [0.25, 0.3) is 0 Å². The maximum Gasteiger partial charge on any atom is 0.390 e. The predicted octanol–water partition coefficient (Wildman–Crippen LogP) is 3.29. The van der Waals surface area contributed by atoms with Crippen LogP contribution in [0.4, 0.5) is 18.9 Å². The zero-order valence-electron chi connectivity index (χ0n) is 12.2. The molecule has 0 fully saturated rings. The number of carbonyl (C=O) groups is 2. The Hall–Kier alpha value is -2.42. The van der Waals surface area contributed by atoms with Crippen molar-refractivity contribution in [3.8, 4) is 0 Å². The summed E-state index contributed by atoms with van der Waals surface area (Å²) in [5, 5.41) is 4.92. The summed E-state index contributed by atoms with van der Waals surface area (Å²) in [6.45, 7) is -0.494. The van der Waals surface area contributed by atoms with Crippen LogP contribution in [0.15, 0.2) is 41.4 Å². The number of alkyl halides is 3. The molecule has 2 heterocycles. The van der Waals surface area contributed by atoms with E-state index in [1.807, 2.05) is 0 Å². The molecule has 0 saturated heterocycles. The van der Waals surface area contributed by atoms with Crippen LogP contribution in [0, 0.1) is 0 Å². The van der Waals surface area contributed by atoms with E-state index in [1.165, 1.54) is 24.1 Å². The van der Waals surface area contributed by atoms with E-state index in [1.54, 1.807) is 28.4 Å². The maximum absolute atomic E-state index is 12.1. The number of hydrogen-bond acceptors (Lipinski definition) is 3. The van der Waals surface area contributed by atoms with Crippen molar-refractivity contribution < 1.29 is 22.8 Å². The molecule has 2 amide bonds. The standard InChI is InChI=1S/C15H12F3N3O2S/c16-15(17,18)5-6-19-13(22)9-3-4-12-10(8-9)20-14(23)11-2-1-7-21(11)24-12/h1-4,7-8H,5-6H2,(H,19,22)(H,20,23). The average Bonchev–Trinajstić information content (AvgIpc) is 2.91. The fourth-order valence-corrected chi connectivity index (χ4v) is 3.10. The molecule has 2 N–H and O–H groups in total. The van der Waals surface area contributed by atoms with Crippen LogP contribution in [0.1, 0.15) is 27.3 Å². The minimum Gasteiger partial charge on any atom is -0.352 e. The van der Waals surface area contributed by atoms with E-state index in [9.17, 15) is 22.8 Å². The first-order valence-electron chi connectivity index (χ1n) is 6.99. The van der Waals surface area contributed by atoms with Gasteiger partial charge in [0.2, 0.25) is 0 Å². The highest BCUT2D eigenvalue weighted by molar-refractivity contribution is 7.98. The highest BCUT2D eigenvalue weighted by atomic mass is 32.2. The Morgan fingerprint density at radius 3 is 2.83 bits per heavy atom. The second-order valence-corrected chi connectivity index (χ2v) is 6.11. The van der Waals surface area contributed by atoms with Gasteiger partial charge in [0.15, 0.2) is 0 Å². The second-order valence-electron chi connectivity index (χ2n) is 5.10. The Labute approximate surface area is 139 Å². The van der Waals surface area contributed by atoms with Gasteiger partial charge in [-0.2, -0.15) is 13.2 Å². The summed E-state index contributed by atoms with van der Waals surface area (Å²) in [6, 6.07) is 8.02. The summed E-state index contributed by atoms with van der Waals surface area (Å²) in [6.07, 6.45) is -3.67. The SMILES string of the molecule is O=C(NCCC(F)(F)F)c1ccc2c(c1)NC(=O)c1cccn1S2. The number of hydrogen-bond donors (Lipinski definition) is 2. The third-order valence-corrected chi connectivity index (χ3v) is 4.39. The molecular formula is C15H12F3N3O2S. The lowest BCUT2D eigenvalue weighted by atomic mass is 10.1. The average molecular weight is 355 g/mol. The Morgan fingerprint density at radius 2 is 2.08 bits per heavy atom. The van der Waals surface area contributed by atoms with Crippen LogP contribution >= 0.6 is 11.9 Å². The maximum atomic E-state index is 12.1. The third kappa shape index (κ3) is 3.56. The van der Waals surface area contributed by atoms with Gasteiger partial charge in [-0.3, -0.25) is 13.6 Å². The number of carbonyl (C=O) groups excluding carboxylic acids is 2. The quantitative estimate of drug-likeness (QED) is 0.888. The number of amides is 2. The summed E-state index contributed by atoms with van der Waals surface area (Å²) < 4.78 is 38.1. The topological polar surface area (TPSA) is 63.1 Å². The van der Waals surface area contributed by atoms with Crippen molar-refractivity contribution in [1.29, 1.82) is 0 Å². The molecule has 1 aliphatic heterocycles. The fraction of sp³-hybridized carbons (Fsp3) is 0.200. The summed E-state index contributed by atoms with van der Waals surface area (Å²) in [7, 11) is 0. The Balaban J connectivity index is 1.75. The molecule has 0 atom stereocenters. The van der Waals surface area contributed by atoms with Gasteiger partial charge in [-0.25, -0.2) is 0 Å². The zero-order valence-corrected chi connectivity index (χ0v) is 13.0. The summed E-state index contributed by atoms with van der Waals surface area (Å²) in [5.41, 5.74) is 1.09. The van der Waals surface area contributed by atoms with Gasteiger partial charge in [0.1, 0.15) is 5.69 Å².